The van der Waals surface area contributed by atoms with Crippen molar-refractivity contribution in [2.45, 2.75) is 26.2 Å². The van der Waals surface area contributed by atoms with Crippen molar-refractivity contribution in [3.63, 3.8) is 0 Å². The maximum Gasteiger partial charge on any atom is 2.00 e. The van der Waals surface area contributed by atoms with E-state index in [2.05, 4.69) is 44.9 Å². The van der Waals surface area contributed by atoms with Crippen molar-refractivity contribution in [1.82, 2.24) is 5.32 Å². The van der Waals surface area contributed by atoms with E-state index in [0.29, 0.717) is 65.6 Å². The molecule has 0 unspecified atom stereocenters. The summed E-state index contributed by atoms with van der Waals surface area (Å²) in [6.45, 7) is 16.0. The molecule has 0 aliphatic heterocycles. The van der Waals surface area contributed by atoms with E-state index in [1.54, 1.807) is 0 Å². The Kier molecular flexibility index (Phi) is 29.8. The van der Waals surface area contributed by atoms with E-state index in [1.807, 2.05) is 0 Å². The van der Waals surface area contributed by atoms with Crippen LogP contribution < -0.4 is 5.32 Å². The summed E-state index contributed by atoms with van der Waals surface area (Å²) in [4.78, 5) is 21.6. The average Bonchev–Trinajstić information content (AvgIpc) is 2.73. The third kappa shape index (κ3) is 29.3. The van der Waals surface area contributed by atoms with Gasteiger partial charge in [0.1, 0.15) is 6.54 Å². The minimum atomic E-state index is -0.256. The number of methoxy groups -OCH3 is 1. The molecule has 1 radical (unpaired) electrons. The number of rotatable bonds is 19. The van der Waals surface area contributed by atoms with Crippen molar-refractivity contribution in [2.75, 3.05) is 93.7 Å². The Morgan fingerprint density at radius 1 is 0.812 bits per heavy atom. The van der Waals surface area contributed by atoms with Gasteiger partial charge in [-0.15, -0.1) is 6.54 Å². The third-order valence-corrected chi connectivity index (χ3v) is 4.03. The number of amides is 1. The fraction of sp³-hybridized carbons (Fsp3) is 0.818. The van der Waals surface area contributed by atoms with Crippen molar-refractivity contribution in [3.8, 4) is 0 Å². The minimum Gasteiger partial charge on any atom is -0.469 e. The van der Waals surface area contributed by atoms with E-state index in [0.717, 1.165) is 17.6 Å². The van der Waals surface area contributed by atoms with Gasteiger partial charge in [-0.3, -0.25) is 9.59 Å². The van der Waals surface area contributed by atoms with Crippen LogP contribution in [-0.4, -0.2) is 110 Å². The van der Waals surface area contributed by atoms with E-state index in [4.69, 9.17) is 18.9 Å². The largest absolute Gasteiger partial charge is 2.00 e. The number of ether oxygens (including phenoxy) is 5. The van der Waals surface area contributed by atoms with Gasteiger partial charge < -0.3 is 47.3 Å². The molecule has 189 valence electrons. The number of esters is 1. The zero-order valence-electron chi connectivity index (χ0n) is 20.6. The second-order valence-electron chi connectivity index (χ2n) is 7.26. The first-order chi connectivity index (χ1) is 14.8. The predicted octanol–water partition coefficient (Wildman–Crippen LogP) is 1.26. The molecule has 0 aliphatic rings. The van der Waals surface area contributed by atoms with Crippen LogP contribution in [0.4, 0.5) is 0 Å². The topological polar surface area (TPSA) is 92.3 Å². The molecule has 0 saturated carbocycles. The number of carbonyl (C=O) groups is 2. The van der Waals surface area contributed by atoms with E-state index >= 15 is 0 Å². The van der Waals surface area contributed by atoms with Crippen LogP contribution in [0, 0.1) is 13.8 Å². The Bertz CT molecular complexity index is 427. The smallest absolute Gasteiger partial charge is 0.469 e. The summed E-state index contributed by atoms with van der Waals surface area (Å²) in [6, 6.07) is 0. The number of quaternary nitrogens is 1. The molecule has 0 heterocycles. The standard InChI is InChI=1S/C14H30N2O3.C8H15O4.V/c1-5-8-16(3,4)9-11-19-13-12-18-10-7-14(17)15-6-2;1-3-11-6-7-12-5-4-8(9)10-2;/h2,5-13H2,1,3-4H3,(H,15,17);1,3-7H2,2H3;/q;-1;+2. The van der Waals surface area contributed by atoms with Crippen LogP contribution in [0.5, 0.6) is 0 Å². The quantitative estimate of drug-likeness (QED) is 0.124. The fourth-order valence-corrected chi connectivity index (χ4v) is 2.32. The Morgan fingerprint density at radius 2 is 1.34 bits per heavy atom. The summed E-state index contributed by atoms with van der Waals surface area (Å²) < 4.78 is 26.2. The molecule has 0 rings (SSSR count). The first-order valence-electron chi connectivity index (χ1n) is 10.9. The average molecular weight is 501 g/mol. The molecule has 0 fully saturated rings. The molecule has 0 bridgehead atoms. The van der Waals surface area contributed by atoms with E-state index in [9.17, 15) is 9.59 Å². The summed E-state index contributed by atoms with van der Waals surface area (Å²) >= 11 is 0. The number of likely N-dealkylation sites (N-methyl/N-ethyl adjacent to an activating group) is 1. The SMILES string of the molecule is [CH2-]CNC(=O)CCOCCOCC[N+](C)(C)CCC.[CH2-]COCCOCCC(=O)OC.[V+2]. The molecule has 10 heteroatoms. The number of nitrogens with one attached hydrogen (secondary N) is 1. The second kappa shape index (κ2) is 26.6. The summed E-state index contributed by atoms with van der Waals surface area (Å²) in [5, 5.41) is 2.62. The molecule has 0 aromatic carbocycles. The zero-order valence-corrected chi connectivity index (χ0v) is 22.0. The van der Waals surface area contributed by atoms with Gasteiger partial charge in [0.2, 0.25) is 5.91 Å². The van der Waals surface area contributed by atoms with Gasteiger partial charge in [0.05, 0.1) is 80.4 Å². The van der Waals surface area contributed by atoms with Crippen LogP contribution in [0.25, 0.3) is 0 Å². The molecular formula is C22H45N2O7V+. The van der Waals surface area contributed by atoms with Crippen LogP contribution in [0.15, 0.2) is 0 Å². The molecule has 1 N–H and O–H groups in total. The predicted molar refractivity (Wildman–Crippen MR) is 120 cm³/mol. The maximum absolute atomic E-state index is 11.1. The molecule has 0 aromatic rings. The van der Waals surface area contributed by atoms with Gasteiger partial charge in [0.25, 0.3) is 0 Å². The van der Waals surface area contributed by atoms with E-state index in [-0.39, 0.29) is 30.4 Å². The van der Waals surface area contributed by atoms with Crippen molar-refractivity contribution >= 4 is 11.9 Å². The molecule has 0 aromatic heterocycles. The first kappa shape index (κ1) is 35.9. The van der Waals surface area contributed by atoms with Gasteiger partial charge in [-0.05, 0) is 6.42 Å². The molecule has 9 nitrogen and oxygen atoms in total. The number of hydrogen-bond acceptors (Lipinski definition) is 7. The van der Waals surface area contributed by atoms with Crippen molar-refractivity contribution in [3.05, 3.63) is 13.8 Å². The Hall–Kier alpha value is -0.676. The van der Waals surface area contributed by atoms with Gasteiger partial charge in [-0.25, -0.2) is 0 Å². The zero-order chi connectivity index (χ0) is 23.8. The monoisotopic (exact) mass is 500 g/mol. The summed E-state index contributed by atoms with van der Waals surface area (Å²) in [5.41, 5.74) is 0. The van der Waals surface area contributed by atoms with Crippen LogP contribution in [0.3, 0.4) is 0 Å². The van der Waals surface area contributed by atoms with Crippen molar-refractivity contribution in [1.29, 1.82) is 0 Å². The van der Waals surface area contributed by atoms with Gasteiger partial charge in [-0.1, -0.05) is 13.5 Å². The fourth-order valence-electron chi connectivity index (χ4n) is 2.32. The van der Waals surface area contributed by atoms with Crippen LogP contribution >= 0.6 is 0 Å². The number of carbonyl (C=O) groups excluding carboxylic acids is 2. The van der Waals surface area contributed by atoms with Crippen molar-refractivity contribution in [2.24, 2.45) is 0 Å². The Balaban J connectivity index is -0.000000561. The second-order valence-corrected chi connectivity index (χ2v) is 7.26. The van der Waals surface area contributed by atoms with Crippen LogP contribution in [-0.2, 0) is 51.8 Å². The summed E-state index contributed by atoms with van der Waals surface area (Å²) in [6.07, 6.45) is 1.86. The molecule has 0 aliphatic carbocycles. The molecule has 0 spiro atoms. The van der Waals surface area contributed by atoms with Crippen LogP contribution in [0.2, 0.25) is 0 Å². The summed E-state index contributed by atoms with van der Waals surface area (Å²) in [7, 11) is 5.78. The number of nitrogens with zero attached hydrogens (tertiary/aromatic N) is 1. The minimum absolute atomic E-state index is 0. The van der Waals surface area contributed by atoms with Crippen LogP contribution in [0.1, 0.15) is 26.2 Å². The van der Waals surface area contributed by atoms with Crippen molar-refractivity contribution < 1.29 is 56.3 Å². The Labute approximate surface area is 207 Å². The normalized spacial score (nSPS) is 10.6. The van der Waals surface area contributed by atoms with Gasteiger partial charge in [-0.2, -0.15) is 0 Å². The van der Waals surface area contributed by atoms with Gasteiger partial charge in [0, 0.05) is 6.42 Å². The summed E-state index contributed by atoms with van der Waals surface area (Å²) in [5.74, 6) is -0.275. The molecule has 1 amide bonds. The van der Waals surface area contributed by atoms with Gasteiger partial charge in [0.15, 0.2) is 0 Å². The van der Waals surface area contributed by atoms with Gasteiger partial charge >= 0.3 is 24.5 Å². The number of hydrogen-bond donors (Lipinski definition) is 1. The Morgan fingerprint density at radius 3 is 1.84 bits per heavy atom. The molecule has 0 atom stereocenters. The molecule has 32 heavy (non-hydrogen) atoms. The maximum atomic E-state index is 11.1. The molecule has 0 saturated heterocycles. The third-order valence-electron chi connectivity index (χ3n) is 4.03. The first-order valence-corrected chi connectivity index (χ1v) is 10.9. The van der Waals surface area contributed by atoms with E-state index < -0.39 is 0 Å². The molecular weight excluding hydrogens is 455 g/mol. The van der Waals surface area contributed by atoms with E-state index in [1.165, 1.54) is 20.1 Å².